The predicted octanol–water partition coefficient (Wildman–Crippen LogP) is 3.52. The molecule has 2 rings (SSSR count). The van der Waals surface area contributed by atoms with Crippen molar-refractivity contribution >= 4 is 39.0 Å². The van der Waals surface area contributed by atoms with Gasteiger partial charge in [0.25, 0.3) is 0 Å². The van der Waals surface area contributed by atoms with Crippen molar-refractivity contribution in [2.45, 2.75) is 19.9 Å². The number of nitrogens with zero attached hydrogens (tertiary/aromatic N) is 2. The molecule has 0 aliphatic heterocycles. The van der Waals surface area contributed by atoms with E-state index in [9.17, 15) is 4.79 Å². The van der Waals surface area contributed by atoms with Crippen molar-refractivity contribution in [3.63, 3.8) is 0 Å². The summed E-state index contributed by atoms with van der Waals surface area (Å²) in [4.78, 5) is 12.5. The summed E-state index contributed by atoms with van der Waals surface area (Å²) in [6.07, 6.45) is 2.53. The Kier molecular flexibility index (Phi) is 4.27. The third kappa shape index (κ3) is 2.82. The van der Waals surface area contributed by atoms with Crippen molar-refractivity contribution in [3.05, 3.63) is 45.1 Å². The summed E-state index contributed by atoms with van der Waals surface area (Å²) in [6.45, 7) is 2.72. The summed E-state index contributed by atoms with van der Waals surface area (Å²) < 4.78 is 2.37. The number of rotatable bonds is 4. The van der Waals surface area contributed by atoms with Gasteiger partial charge in [0.15, 0.2) is 0 Å². The molecule has 19 heavy (non-hydrogen) atoms. The van der Waals surface area contributed by atoms with Crippen LogP contribution < -0.4 is 5.73 Å². The quantitative estimate of drug-likeness (QED) is 0.683. The Morgan fingerprint density at radius 1 is 1.53 bits per heavy atom. The highest BCUT2D eigenvalue weighted by atomic mass is 79.9. The fourth-order valence-corrected chi connectivity index (χ4v) is 2.43. The first-order chi connectivity index (χ1) is 9.04. The molecule has 0 bridgehead atoms. The van der Waals surface area contributed by atoms with E-state index in [2.05, 4.69) is 21.0 Å². The second-order valence-electron chi connectivity index (χ2n) is 4.13. The maximum atomic E-state index is 12.5. The third-order valence-corrected chi connectivity index (χ3v) is 3.62. The molecule has 1 aromatic carbocycles. The van der Waals surface area contributed by atoms with Crippen LogP contribution >= 0.6 is 27.5 Å². The van der Waals surface area contributed by atoms with Gasteiger partial charge in [0, 0.05) is 12.1 Å². The highest BCUT2D eigenvalue weighted by Gasteiger charge is 2.19. The van der Waals surface area contributed by atoms with Crippen molar-refractivity contribution in [3.8, 4) is 0 Å². The Morgan fingerprint density at radius 2 is 2.26 bits per heavy atom. The van der Waals surface area contributed by atoms with E-state index in [0.29, 0.717) is 33.0 Å². The van der Waals surface area contributed by atoms with E-state index >= 15 is 0 Å². The zero-order valence-corrected chi connectivity index (χ0v) is 12.7. The van der Waals surface area contributed by atoms with Crippen LogP contribution in [0.4, 0.5) is 5.69 Å². The van der Waals surface area contributed by atoms with Crippen molar-refractivity contribution in [2.75, 3.05) is 5.73 Å². The number of aromatic nitrogens is 2. The van der Waals surface area contributed by atoms with Crippen LogP contribution in [0.2, 0.25) is 5.02 Å². The lowest BCUT2D eigenvalue weighted by Gasteiger charge is -2.07. The fourth-order valence-electron chi connectivity index (χ4n) is 1.77. The van der Waals surface area contributed by atoms with Gasteiger partial charge < -0.3 is 5.73 Å². The van der Waals surface area contributed by atoms with Gasteiger partial charge >= 0.3 is 0 Å². The van der Waals surface area contributed by atoms with E-state index in [1.165, 1.54) is 0 Å². The molecule has 0 saturated heterocycles. The maximum Gasteiger partial charge on any atom is 0.212 e. The van der Waals surface area contributed by atoms with Gasteiger partial charge in [0.05, 0.1) is 21.4 Å². The molecule has 0 spiro atoms. The summed E-state index contributed by atoms with van der Waals surface area (Å²) in [5.41, 5.74) is 7.13. The summed E-state index contributed by atoms with van der Waals surface area (Å²) in [5.74, 6) is -0.125. The van der Waals surface area contributed by atoms with Gasteiger partial charge in [-0.3, -0.25) is 9.48 Å². The Balaban J connectivity index is 2.43. The van der Waals surface area contributed by atoms with Crippen LogP contribution in [0.15, 0.2) is 28.9 Å². The van der Waals surface area contributed by atoms with Crippen LogP contribution in [-0.2, 0) is 6.54 Å². The minimum absolute atomic E-state index is 0.125. The molecule has 1 heterocycles. The number of anilines is 1. The molecular formula is C13H13BrClN3O. The molecule has 6 heteroatoms. The molecule has 0 amide bonds. The van der Waals surface area contributed by atoms with Crippen LogP contribution in [0.25, 0.3) is 0 Å². The van der Waals surface area contributed by atoms with Gasteiger partial charge in [-0.05, 0) is 40.5 Å². The van der Waals surface area contributed by atoms with Gasteiger partial charge in [-0.2, -0.15) is 5.10 Å². The number of nitrogens with two attached hydrogens (primary N) is 1. The Hall–Kier alpha value is -1.33. The van der Waals surface area contributed by atoms with Gasteiger partial charge in [-0.1, -0.05) is 18.5 Å². The number of halogens is 2. The Labute approximate surface area is 124 Å². The van der Waals surface area contributed by atoms with E-state index in [1.807, 2.05) is 6.92 Å². The van der Waals surface area contributed by atoms with Crippen LogP contribution in [0.3, 0.4) is 0 Å². The molecule has 4 nitrogen and oxygen atoms in total. The first-order valence-electron chi connectivity index (χ1n) is 5.85. The molecule has 0 radical (unpaired) electrons. The molecule has 0 unspecified atom stereocenters. The summed E-state index contributed by atoms with van der Waals surface area (Å²) in [5, 5.41) is 4.56. The van der Waals surface area contributed by atoms with E-state index in [4.69, 9.17) is 17.3 Å². The summed E-state index contributed by atoms with van der Waals surface area (Å²) in [7, 11) is 0. The van der Waals surface area contributed by atoms with Gasteiger partial charge in [-0.25, -0.2) is 0 Å². The number of nitrogen functional groups attached to an aromatic ring is 1. The van der Waals surface area contributed by atoms with E-state index in [1.54, 1.807) is 29.1 Å². The SMILES string of the molecule is CCCn1ncc(Br)c1C(=O)c1ccc(N)c(Cl)c1. The zero-order chi connectivity index (χ0) is 14.0. The lowest BCUT2D eigenvalue weighted by atomic mass is 10.1. The first kappa shape index (κ1) is 14.1. The van der Waals surface area contributed by atoms with Gasteiger partial charge in [0.1, 0.15) is 5.69 Å². The fraction of sp³-hybridized carbons (Fsp3) is 0.231. The predicted molar refractivity (Wildman–Crippen MR) is 79.5 cm³/mol. The lowest BCUT2D eigenvalue weighted by Crippen LogP contribution is -2.12. The van der Waals surface area contributed by atoms with E-state index in [-0.39, 0.29) is 5.78 Å². The molecule has 2 N–H and O–H groups in total. The number of carbonyl (C=O) groups is 1. The molecule has 100 valence electrons. The molecule has 0 aliphatic rings. The largest absolute Gasteiger partial charge is 0.398 e. The summed E-state index contributed by atoms with van der Waals surface area (Å²) >= 11 is 9.30. The smallest absolute Gasteiger partial charge is 0.212 e. The average molecular weight is 343 g/mol. The maximum absolute atomic E-state index is 12.5. The van der Waals surface area contributed by atoms with Crippen molar-refractivity contribution in [1.82, 2.24) is 9.78 Å². The molecule has 0 fully saturated rings. The lowest BCUT2D eigenvalue weighted by molar-refractivity contribution is 0.102. The first-order valence-corrected chi connectivity index (χ1v) is 7.02. The molecule has 0 saturated carbocycles. The normalized spacial score (nSPS) is 10.7. The Morgan fingerprint density at radius 3 is 2.89 bits per heavy atom. The van der Waals surface area contributed by atoms with Crippen LogP contribution in [0.5, 0.6) is 0 Å². The number of hydrogen-bond donors (Lipinski definition) is 1. The third-order valence-electron chi connectivity index (χ3n) is 2.71. The summed E-state index contributed by atoms with van der Waals surface area (Å²) in [6, 6.07) is 4.87. The van der Waals surface area contributed by atoms with E-state index < -0.39 is 0 Å². The van der Waals surface area contributed by atoms with Gasteiger partial charge in [-0.15, -0.1) is 0 Å². The zero-order valence-electron chi connectivity index (χ0n) is 10.4. The van der Waals surface area contributed by atoms with Crippen molar-refractivity contribution in [2.24, 2.45) is 0 Å². The molecule has 2 aromatic rings. The van der Waals surface area contributed by atoms with E-state index in [0.717, 1.165) is 6.42 Å². The van der Waals surface area contributed by atoms with Crippen molar-refractivity contribution in [1.29, 1.82) is 0 Å². The minimum Gasteiger partial charge on any atom is -0.398 e. The number of benzene rings is 1. The number of aryl methyl sites for hydroxylation is 1. The van der Waals surface area contributed by atoms with Crippen LogP contribution in [0.1, 0.15) is 29.4 Å². The molecule has 0 atom stereocenters. The Bertz CT molecular complexity index is 624. The second-order valence-corrected chi connectivity index (χ2v) is 5.39. The number of hydrogen-bond acceptors (Lipinski definition) is 3. The molecule has 1 aromatic heterocycles. The monoisotopic (exact) mass is 341 g/mol. The average Bonchev–Trinajstić information content (AvgIpc) is 2.74. The number of ketones is 1. The topological polar surface area (TPSA) is 60.9 Å². The van der Waals surface area contributed by atoms with Gasteiger partial charge in [0.2, 0.25) is 5.78 Å². The van der Waals surface area contributed by atoms with Crippen LogP contribution in [-0.4, -0.2) is 15.6 Å². The molecular weight excluding hydrogens is 330 g/mol. The minimum atomic E-state index is -0.125. The van der Waals surface area contributed by atoms with Crippen molar-refractivity contribution < 1.29 is 4.79 Å². The molecule has 0 aliphatic carbocycles. The highest BCUT2D eigenvalue weighted by Crippen LogP contribution is 2.24. The number of carbonyl (C=O) groups excluding carboxylic acids is 1. The standard InChI is InChI=1S/C13H13BrClN3O/c1-2-5-18-12(9(14)7-17-18)13(19)8-3-4-11(16)10(15)6-8/h3-4,6-7H,2,5,16H2,1H3. The highest BCUT2D eigenvalue weighted by molar-refractivity contribution is 9.10. The second kappa shape index (κ2) is 5.75. The van der Waals surface area contributed by atoms with Crippen LogP contribution in [0, 0.1) is 0 Å².